The van der Waals surface area contributed by atoms with Gasteiger partial charge in [-0.3, -0.25) is 4.79 Å². The van der Waals surface area contributed by atoms with Gasteiger partial charge in [-0.1, -0.05) is 35.7 Å². The van der Waals surface area contributed by atoms with Gasteiger partial charge in [-0.15, -0.1) is 0 Å². The largest absolute Gasteiger partial charge is 0.296 e. The molecule has 2 unspecified atom stereocenters. The van der Waals surface area contributed by atoms with E-state index in [0.29, 0.717) is 23.4 Å². The van der Waals surface area contributed by atoms with Crippen LogP contribution in [0.15, 0.2) is 18.2 Å². The molecule has 112 valence electrons. The lowest BCUT2D eigenvalue weighted by atomic mass is 9.92. The molecule has 7 heteroatoms. The number of halogens is 2. The summed E-state index contributed by atoms with van der Waals surface area (Å²) in [4.78, 5) is 12.5. The third-order valence-electron chi connectivity index (χ3n) is 3.59. The van der Waals surface area contributed by atoms with Crippen molar-refractivity contribution < 1.29 is 13.2 Å². The third-order valence-corrected chi connectivity index (χ3v) is 6.52. The molecular formula is C14H13Cl2NO3S. The summed E-state index contributed by atoms with van der Waals surface area (Å²) in [5.41, 5.74) is 0.373. The Balaban J connectivity index is 2.35. The van der Waals surface area contributed by atoms with Crippen LogP contribution in [0.1, 0.15) is 30.7 Å². The second-order valence-electron chi connectivity index (χ2n) is 4.99. The third kappa shape index (κ3) is 3.39. The number of rotatable bonds is 3. The molecule has 4 nitrogen and oxygen atoms in total. The monoisotopic (exact) mass is 345 g/mol. The Morgan fingerprint density at radius 1 is 1.29 bits per heavy atom. The van der Waals surface area contributed by atoms with E-state index in [0.717, 1.165) is 0 Å². The highest BCUT2D eigenvalue weighted by atomic mass is 35.5. The van der Waals surface area contributed by atoms with Crippen molar-refractivity contribution in [1.29, 1.82) is 5.26 Å². The summed E-state index contributed by atoms with van der Waals surface area (Å²) in [5, 5.41) is 8.72. The van der Waals surface area contributed by atoms with E-state index >= 15 is 0 Å². The van der Waals surface area contributed by atoms with Gasteiger partial charge in [0.2, 0.25) is 0 Å². The Kier molecular flexibility index (Phi) is 4.92. The average molecular weight is 346 g/mol. The quantitative estimate of drug-likeness (QED) is 0.843. The summed E-state index contributed by atoms with van der Waals surface area (Å²) in [5.74, 6) is -1.71. The minimum absolute atomic E-state index is 0.00291. The van der Waals surface area contributed by atoms with E-state index in [1.807, 2.05) is 6.07 Å². The van der Waals surface area contributed by atoms with Crippen LogP contribution in [0.3, 0.4) is 0 Å². The van der Waals surface area contributed by atoms with Crippen LogP contribution in [0.2, 0.25) is 10.0 Å². The fourth-order valence-corrected chi connectivity index (χ4v) is 4.67. The molecule has 0 radical (unpaired) electrons. The normalized spacial score (nSPS) is 22.2. The van der Waals surface area contributed by atoms with Crippen LogP contribution in [-0.2, 0) is 14.6 Å². The molecule has 0 N–H and O–H groups in total. The van der Waals surface area contributed by atoms with Gasteiger partial charge in [0.1, 0.15) is 11.2 Å². The predicted molar refractivity (Wildman–Crippen MR) is 81.2 cm³/mol. The van der Waals surface area contributed by atoms with E-state index in [-0.39, 0.29) is 17.2 Å². The lowest BCUT2D eigenvalue weighted by Crippen LogP contribution is -2.38. The molecule has 1 aromatic rings. The first-order valence-electron chi connectivity index (χ1n) is 6.46. The first-order chi connectivity index (χ1) is 9.86. The van der Waals surface area contributed by atoms with Gasteiger partial charge in [0.25, 0.3) is 0 Å². The zero-order valence-electron chi connectivity index (χ0n) is 11.1. The van der Waals surface area contributed by atoms with Crippen molar-refractivity contribution in [3.63, 3.8) is 0 Å². The van der Waals surface area contributed by atoms with Crippen LogP contribution in [0.5, 0.6) is 0 Å². The van der Waals surface area contributed by atoms with E-state index in [4.69, 9.17) is 23.2 Å². The predicted octanol–water partition coefficient (Wildman–Crippen LogP) is 3.14. The Morgan fingerprint density at radius 2 is 2.00 bits per heavy atom. The fraction of sp³-hybridized carbons (Fsp3) is 0.429. The molecule has 0 saturated carbocycles. The zero-order valence-corrected chi connectivity index (χ0v) is 13.4. The number of benzene rings is 1. The van der Waals surface area contributed by atoms with Crippen molar-refractivity contribution in [2.24, 2.45) is 0 Å². The second kappa shape index (κ2) is 6.35. The van der Waals surface area contributed by atoms with E-state index < -0.39 is 26.8 Å². The highest BCUT2D eigenvalue weighted by Gasteiger charge is 2.39. The van der Waals surface area contributed by atoms with E-state index in [1.54, 1.807) is 0 Å². The number of hydrogen-bond donors (Lipinski definition) is 0. The van der Waals surface area contributed by atoms with Crippen LogP contribution in [-0.4, -0.2) is 25.2 Å². The molecule has 0 aromatic heterocycles. The summed E-state index contributed by atoms with van der Waals surface area (Å²) < 4.78 is 24.0. The van der Waals surface area contributed by atoms with Gasteiger partial charge >= 0.3 is 0 Å². The number of carbonyl (C=O) groups is 1. The number of carbonyl (C=O) groups excluding carboxylic acids is 1. The molecule has 2 rings (SSSR count). The summed E-state index contributed by atoms with van der Waals surface area (Å²) in [6, 6.07) is 6.34. The molecule has 1 aliphatic heterocycles. The maximum atomic E-state index is 12.5. The minimum Gasteiger partial charge on any atom is -0.296 e. The maximum Gasteiger partial charge on any atom is 0.172 e. The average Bonchev–Trinajstić information content (AvgIpc) is 2.43. The fourth-order valence-electron chi connectivity index (χ4n) is 2.45. The van der Waals surface area contributed by atoms with Crippen LogP contribution >= 0.6 is 23.2 Å². The highest BCUT2D eigenvalue weighted by molar-refractivity contribution is 7.92. The van der Waals surface area contributed by atoms with Crippen molar-refractivity contribution in [2.75, 3.05) is 5.75 Å². The van der Waals surface area contributed by atoms with Gasteiger partial charge in [0, 0.05) is 0 Å². The Hall–Kier alpha value is -1.09. The van der Waals surface area contributed by atoms with Crippen LogP contribution < -0.4 is 0 Å². The van der Waals surface area contributed by atoms with E-state index in [2.05, 4.69) is 0 Å². The van der Waals surface area contributed by atoms with E-state index in [9.17, 15) is 18.5 Å². The van der Waals surface area contributed by atoms with Gasteiger partial charge in [-0.2, -0.15) is 5.26 Å². The van der Waals surface area contributed by atoms with Crippen LogP contribution in [0.4, 0.5) is 0 Å². The Morgan fingerprint density at radius 3 is 2.57 bits per heavy atom. The summed E-state index contributed by atoms with van der Waals surface area (Å²) in [6.45, 7) is 0. The van der Waals surface area contributed by atoms with Gasteiger partial charge in [-0.05, 0) is 30.5 Å². The SMILES string of the molecule is N#CC(C(=O)C1CCCCS1(=O)=O)c1ccc(Cl)c(Cl)c1. The topological polar surface area (TPSA) is 75.0 Å². The summed E-state index contributed by atoms with van der Waals surface area (Å²) in [7, 11) is -3.46. The number of sulfone groups is 1. The summed E-state index contributed by atoms with van der Waals surface area (Å²) >= 11 is 11.7. The first-order valence-corrected chi connectivity index (χ1v) is 8.94. The van der Waals surface area contributed by atoms with Crippen LogP contribution in [0, 0.1) is 11.3 Å². The number of hydrogen-bond acceptors (Lipinski definition) is 4. The van der Waals surface area contributed by atoms with Gasteiger partial charge in [0.05, 0.1) is 21.9 Å². The Bertz CT molecular complexity index is 709. The molecule has 2 atom stereocenters. The lowest BCUT2D eigenvalue weighted by Gasteiger charge is -2.23. The van der Waals surface area contributed by atoms with Crippen molar-refractivity contribution >= 4 is 38.8 Å². The molecule has 0 amide bonds. The molecule has 1 aromatic carbocycles. The van der Waals surface area contributed by atoms with Crippen molar-refractivity contribution in [3.8, 4) is 6.07 Å². The maximum absolute atomic E-state index is 12.5. The molecule has 0 aliphatic carbocycles. The van der Waals surface area contributed by atoms with Gasteiger partial charge in [0.15, 0.2) is 15.6 Å². The molecule has 1 fully saturated rings. The highest BCUT2D eigenvalue weighted by Crippen LogP contribution is 2.30. The minimum atomic E-state index is -3.46. The molecule has 0 bridgehead atoms. The molecule has 0 spiro atoms. The standard InChI is InChI=1S/C14H13Cl2NO3S/c15-11-5-4-9(7-12(11)16)10(8-17)14(18)13-3-1-2-6-21(13,19)20/h4-5,7,10,13H,1-3,6H2. The second-order valence-corrected chi connectivity index (χ2v) is 8.11. The number of ketones is 1. The number of nitrogens with zero attached hydrogens (tertiary/aromatic N) is 1. The number of Topliss-reactive ketones (excluding diaryl/α,β-unsaturated/α-hetero) is 1. The lowest BCUT2D eigenvalue weighted by molar-refractivity contribution is -0.119. The van der Waals surface area contributed by atoms with E-state index in [1.165, 1.54) is 18.2 Å². The van der Waals surface area contributed by atoms with Crippen molar-refractivity contribution in [1.82, 2.24) is 0 Å². The smallest absolute Gasteiger partial charge is 0.172 e. The molecule has 1 aliphatic rings. The Labute approximate surface area is 133 Å². The first kappa shape index (κ1) is 16.3. The van der Waals surface area contributed by atoms with Crippen molar-refractivity contribution in [3.05, 3.63) is 33.8 Å². The van der Waals surface area contributed by atoms with Gasteiger partial charge < -0.3 is 0 Å². The molecule has 1 heterocycles. The molecular weight excluding hydrogens is 333 g/mol. The zero-order chi connectivity index (χ0) is 15.6. The molecule has 1 saturated heterocycles. The van der Waals surface area contributed by atoms with Crippen molar-refractivity contribution in [2.45, 2.75) is 30.4 Å². The van der Waals surface area contributed by atoms with Gasteiger partial charge in [-0.25, -0.2) is 8.42 Å². The van der Waals surface area contributed by atoms with Crippen LogP contribution in [0.25, 0.3) is 0 Å². The summed E-state index contributed by atoms with van der Waals surface area (Å²) in [6.07, 6.45) is 1.52. The number of nitriles is 1. The molecule has 21 heavy (non-hydrogen) atoms.